The first-order chi connectivity index (χ1) is 4.22. The predicted molar refractivity (Wildman–Crippen MR) is 50.3 cm³/mol. The summed E-state index contributed by atoms with van der Waals surface area (Å²) in [5, 5.41) is 0. The van der Waals surface area contributed by atoms with E-state index in [4.69, 9.17) is 0 Å². The molecule has 0 aromatic heterocycles. The fourth-order valence-electron chi connectivity index (χ4n) is 0.849. The monoisotopic (exact) mass is 149 g/mol. The molecule has 0 amide bonds. The normalized spacial score (nSPS) is 8.70. The first-order valence-electron chi connectivity index (χ1n) is 3.10. The van der Waals surface area contributed by atoms with E-state index < -0.39 is 0 Å². The molecule has 0 N–H and O–H groups in total. The summed E-state index contributed by atoms with van der Waals surface area (Å²) >= 11 is 0. The lowest BCUT2D eigenvalue weighted by Gasteiger charge is -2.00. The van der Waals surface area contributed by atoms with Crippen LogP contribution in [0.3, 0.4) is 0 Å². The second kappa shape index (κ2) is 3.81. The summed E-state index contributed by atoms with van der Waals surface area (Å²) in [6.07, 6.45) is 0. The Labute approximate surface area is 73.4 Å². The van der Waals surface area contributed by atoms with Crippen molar-refractivity contribution in [3.63, 3.8) is 0 Å². The van der Waals surface area contributed by atoms with Crippen molar-refractivity contribution in [2.45, 2.75) is 13.8 Å². The first kappa shape index (κ1) is 9.75. The van der Waals surface area contributed by atoms with Gasteiger partial charge >= 0.3 is 0 Å². The van der Waals surface area contributed by atoms with Crippen LogP contribution >= 0.6 is 0 Å². The summed E-state index contributed by atoms with van der Waals surface area (Å²) < 4.78 is 0. The van der Waals surface area contributed by atoms with Gasteiger partial charge in [-0.25, -0.2) is 0 Å². The van der Waals surface area contributed by atoms with Gasteiger partial charge in [0.1, 0.15) is 0 Å². The van der Waals surface area contributed by atoms with Crippen molar-refractivity contribution in [3.8, 4) is 0 Å². The van der Waals surface area contributed by atoms with Crippen LogP contribution < -0.4 is 0 Å². The van der Waals surface area contributed by atoms with Gasteiger partial charge in [0.05, 0.1) is 0 Å². The van der Waals surface area contributed by atoms with Gasteiger partial charge in [0, 0.05) is 0 Å². The van der Waals surface area contributed by atoms with Crippen LogP contribution in [0.4, 0.5) is 0 Å². The minimum atomic E-state index is 0. The van der Waals surface area contributed by atoms with Gasteiger partial charge < -0.3 is 0 Å². The molecule has 0 spiro atoms. The van der Waals surface area contributed by atoms with Gasteiger partial charge in [-0.2, -0.15) is 0 Å². The van der Waals surface area contributed by atoms with Crippen LogP contribution in [0.1, 0.15) is 16.7 Å². The third-order valence-electron chi connectivity index (χ3n) is 1.64. The molecule has 1 aromatic carbocycles. The van der Waals surface area contributed by atoms with Crippen molar-refractivity contribution in [3.05, 3.63) is 41.8 Å². The van der Waals surface area contributed by atoms with Crippen LogP contribution in [-0.4, -0.2) is 17.4 Å². The Morgan fingerprint density at radius 3 is 1.80 bits per heavy atom. The molecule has 1 aromatic rings. The van der Waals surface area contributed by atoms with Crippen molar-refractivity contribution in [2.75, 3.05) is 0 Å². The van der Waals surface area contributed by atoms with Gasteiger partial charge in [0.25, 0.3) is 0 Å². The zero-order chi connectivity index (χ0) is 6.85. The molecule has 0 bridgehead atoms. The Bertz CT molecular complexity index is 196. The van der Waals surface area contributed by atoms with Crippen LogP contribution in [0, 0.1) is 20.8 Å². The molecule has 0 aliphatic heterocycles. The summed E-state index contributed by atoms with van der Waals surface area (Å²) in [4.78, 5) is 0. The standard InChI is InChI=1S/C9H11.Al.3H/c1-7-5-4-6-8(2)9(7)3;;;;/h4-6H,3H2,1-2H3;;;;. The van der Waals surface area contributed by atoms with E-state index in [0.717, 1.165) is 5.56 Å². The highest BCUT2D eigenvalue weighted by Gasteiger charge is 1.92. The Kier molecular flexibility index (Phi) is 3.71. The summed E-state index contributed by atoms with van der Waals surface area (Å²) in [6.45, 7) is 8.08. The van der Waals surface area contributed by atoms with E-state index in [1.54, 1.807) is 0 Å². The maximum atomic E-state index is 3.92. The molecule has 0 fully saturated rings. The lowest BCUT2D eigenvalue weighted by atomic mass is 10.1. The quantitative estimate of drug-likeness (QED) is 0.488. The topological polar surface area (TPSA) is 0 Å². The average Bonchev–Trinajstić information content (AvgIpc) is 1.83. The van der Waals surface area contributed by atoms with Crippen molar-refractivity contribution in [1.29, 1.82) is 0 Å². The number of benzene rings is 1. The number of aryl methyl sites for hydroxylation is 2. The lowest BCUT2D eigenvalue weighted by Crippen LogP contribution is -1.82. The molecule has 0 aliphatic carbocycles. The molecule has 1 radical (unpaired) electrons. The zero-order valence-corrected chi connectivity index (χ0v) is 5.94. The number of rotatable bonds is 0. The van der Waals surface area contributed by atoms with E-state index in [-0.39, 0.29) is 17.4 Å². The minimum Gasteiger partial charge on any atom is -0.0617 e. The van der Waals surface area contributed by atoms with Gasteiger partial charge in [-0.3, -0.25) is 0 Å². The maximum Gasteiger partial charge on any atom is 0.187 e. The highest BCUT2D eigenvalue weighted by atomic mass is 27.0. The Morgan fingerprint density at radius 1 is 1.10 bits per heavy atom. The molecule has 0 heterocycles. The first-order valence-corrected chi connectivity index (χ1v) is 3.10. The Hall–Kier alpha value is -0.248. The van der Waals surface area contributed by atoms with Crippen LogP contribution in [0.15, 0.2) is 18.2 Å². The molecule has 10 heavy (non-hydrogen) atoms. The van der Waals surface area contributed by atoms with E-state index in [1.165, 1.54) is 11.1 Å². The predicted octanol–water partition coefficient (Wildman–Crippen LogP) is 1.30. The van der Waals surface area contributed by atoms with Crippen molar-refractivity contribution in [2.24, 2.45) is 0 Å². The van der Waals surface area contributed by atoms with E-state index >= 15 is 0 Å². The van der Waals surface area contributed by atoms with E-state index in [0.29, 0.717) is 0 Å². The average molecular weight is 149 g/mol. The molecular formula is C9H14Al. The zero-order valence-electron chi connectivity index (χ0n) is 5.94. The van der Waals surface area contributed by atoms with Crippen LogP contribution in [0.25, 0.3) is 0 Å². The largest absolute Gasteiger partial charge is 0.187 e. The van der Waals surface area contributed by atoms with Crippen LogP contribution in [-0.2, 0) is 0 Å². The van der Waals surface area contributed by atoms with Crippen molar-refractivity contribution < 1.29 is 0 Å². The summed E-state index contributed by atoms with van der Waals surface area (Å²) in [5.74, 6) is 0. The van der Waals surface area contributed by atoms with Gasteiger partial charge in [-0.15, -0.1) is 0 Å². The van der Waals surface area contributed by atoms with Gasteiger partial charge in [0.15, 0.2) is 17.4 Å². The van der Waals surface area contributed by atoms with E-state index in [9.17, 15) is 0 Å². The minimum absolute atomic E-state index is 0. The van der Waals surface area contributed by atoms with E-state index in [1.807, 2.05) is 0 Å². The highest BCUT2D eigenvalue weighted by Crippen LogP contribution is 2.09. The lowest BCUT2D eigenvalue weighted by molar-refractivity contribution is 1.33. The molecule has 1 heteroatoms. The third kappa shape index (κ3) is 1.87. The van der Waals surface area contributed by atoms with Crippen molar-refractivity contribution in [1.82, 2.24) is 0 Å². The molecule has 0 unspecified atom stereocenters. The summed E-state index contributed by atoms with van der Waals surface area (Å²) in [6, 6.07) is 6.21. The third-order valence-corrected chi connectivity index (χ3v) is 1.64. The fourth-order valence-corrected chi connectivity index (χ4v) is 0.849. The van der Waals surface area contributed by atoms with Crippen LogP contribution in [0.2, 0.25) is 0 Å². The van der Waals surface area contributed by atoms with Crippen LogP contribution in [0.5, 0.6) is 0 Å². The fraction of sp³-hybridized carbons (Fsp3) is 0.222. The second-order valence-electron chi connectivity index (χ2n) is 2.37. The SMILES string of the molecule is [AlH3].[CH2]c1c(C)cccc1C. The molecule has 0 aliphatic rings. The number of hydrogen-bond acceptors (Lipinski definition) is 0. The smallest absolute Gasteiger partial charge is 0.0617 e. The molecule has 0 nitrogen and oxygen atoms in total. The summed E-state index contributed by atoms with van der Waals surface area (Å²) in [7, 11) is 0. The van der Waals surface area contributed by atoms with Gasteiger partial charge in [0.2, 0.25) is 0 Å². The molecule has 0 saturated heterocycles. The van der Waals surface area contributed by atoms with Gasteiger partial charge in [-0.05, 0) is 37.5 Å². The molecule has 53 valence electrons. The second-order valence-corrected chi connectivity index (χ2v) is 2.37. The summed E-state index contributed by atoms with van der Waals surface area (Å²) in [5.41, 5.74) is 3.71. The molecule has 0 saturated carbocycles. The molecule has 0 atom stereocenters. The Balaban J connectivity index is 0.000000810. The maximum absolute atomic E-state index is 3.92. The van der Waals surface area contributed by atoms with E-state index in [2.05, 4.69) is 39.0 Å². The van der Waals surface area contributed by atoms with Crippen molar-refractivity contribution >= 4 is 17.4 Å². The Morgan fingerprint density at radius 2 is 1.50 bits per heavy atom. The van der Waals surface area contributed by atoms with Gasteiger partial charge in [-0.1, -0.05) is 18.2 Å². The number of hydrogen-bond donors (Lipinski definition) is 0. The molecular weight excluding hydrogens is 135 g/mol. The molecule has 1 rings (SSSR count). The highest BCUT2D eigenvalue weighted by molar-refractivity contribution is 5.75.